The molecule has 22 heavy (non-hydrogen) atoms. The van der Waals surface area contributed by atoms with E-state index in [1.165, 1.54) is 0 Å². The highest BCUT2D eigenvalue weighted by atomic mass is 19.4. The molecule has 0 spiro atoms. The number of benzene rings is 1. The Kier molecular flexibility index (Phi) is 3.58. The van der Waals surface area contributed by atoms with E-state index in [0.29, 0.717) is 0 Å². The van der Waals surface area contributed by atoms with E-state index >= 15 is 0 Å². The van der Waals surface area contributed by atoms with Gasteiger partial charge in [-0.25, -0.2) is 13.8 Å². The molecule has 1 heterocycles. The largest absolute Gasteiger partial charge is 0.419 e. The summed E-state index contributed by atoms with van der Waals surface area (Å²) in [5.41, 5.74) is 7.22. The topological polar surface area (TPSA) is 102 Å². The van der Waals surface area contributed by atoms with Gasteiger partial charge in [-0.1, -0.05) is 0 Å². The summed E-state index contributed by atoms with van der Waals surface area (Å²) in [4.78, 5) is 6.98. The minimum Gasteiger partial charge on any atom is -0.382 e. The van der Waals surface area contributed by atoms with Crippen molar-refractivity contribution >= 4 is 11.8 Å². The quantitative estimate of drug-likeness (QED) is 0.787. The fourth-order valence-electron chi connectivity index (χ4n) is 1.75. The highest BCUT2D eigenvalue weighted by molar-refractivity contribution is 5.74. The lowest BCUT2D eigenvalue weighted by atomic mass is 10.0. The molecule has 5 nitrogen and oxygen atoms in total. The minimum atomic E-state index is -5.05. The Morgan fingerprint density at radius 1 is 1.05 bits per heavy atom. The molecule has 0 radical (unpaired) electrons. The average Bonchev–Trinajstić information content (AvgIpc) is 2.36. The van der Waals surface area contributed by atoms with E-state index in [1.807, 2.05) is 0 Å². The van der Waals surface area contributed by atoms with Crippen LogP contribution in [0.3, 0.4) is 0 Å². The second-order valence-electron chi connectivity index (χ2n) is 4.11. The number of nitrogens with two attached hydrogens (primary N) is 2. The van der Waals surface area contributed by atoms with Gasteiger partial charge in [0.2, 0.25) is 5.95 Å². The van der Waals surface area contributed by atoms with Gasteiger partial charge in [-0.15, -0.1) is 0 Å². The summed E-state index contributed by atoms with van der Waals surface area (Å²) in [6, 6.07) is 1.79. The van der Waals surface area contributed by atoms with Crippen molar-refractivity contribution in [3.63, 3.8) is 0 Å². The summed E-state index contributed by atoms with van der Waals surface area (Å²) in [7, 11) is 0. The van der Waals surface area contributed by atoms with Gasteiger partial charge in [-0.3, -0.25) is 0 Å². The van der Waals surface area contributed by atoms with Crippen molar-refractivity contribution in [1.82, 2.24) is 9.97 Å². The van der Waals surface area contributed by atoms with Gasteiger partial charge in [0, 0.05) is 11.6 Å². The Morgan fingerprint density at radius 2 is 1.68 bits per heavy atom. The molecule has 0 fully saturated rings. The van der Waals surface area contributed by atoms with Crippen molar-refractivity contribution in [3.05, 3.63) is 34.9 Å². The van der Waals surface area contributed by atoms with E-state index < -0.39 is 52.0 Å². The molecule has 1 aromatic heterocycles. The van der Waals surface area contributed by atoms with Gasteiger partial charge < -0.3 is 11.5 Å². The zero-order valence-corrected chi connectivity index (χ0v) is 10.5. The third-order valence-corrected chi connectivity index (χ3v) is 2.68. The van der Waals surface area contributed by atoms with E-state index in [1.54, 1.807) is 6.07 Å². The van der Waals surface area contributed by atoms with E-state index in [2.05, 4.69) is 9.97 Å². The van der Waals surface area contributed by atoms with E-state index in [0.717, 1.165) is 0 Å². The van der Waals surface area contributed by atoms with Gasteiger partial charge in [0.25, 0.3) is 0 Å². The van der Waals surface area contributed by atoms with Crippen molar-refractivity contribution < 1.29 is 22.0 Å². The number of nitrogen functional groups attached to an aromatic ring is 2. The number of nitriles is 1. The molecule has 0 saturated heterocycles. The van der Waals surface area contributed by atoms with Crippen LogP contribution in [-0.2, 0) is 6.18 Å². The van der Waals surface area contributed by atoms with Crippen LogP contribution >= 0.6 is 0 Å². The zero-order valence-electron chi connectivity index (χ0n) is 10.5. The number of hydrogen-bond acceptors (Lipinski definition) is 5. The predicted molar refractivity (Wildman–Crippen MR) is 65.9 cm³/mol. The molecule has 0 aliphatic heterocycles. The van der Waals surface area contributed by atoms with Gasteiger partial charge >= 0.3 is 6.18 Å². The molecular formula is C12H6F5N5. The molecule has 2 aromatic rings. The van der Waals surface area contributed by atoms with Crippen LogP contribution in [0.2, 0.25) is 0 Å². The zero-order chi connectivity index (χ0) is 16.7. The van der Waals surface area contributed by atoms with Crippen LogP contribution < -0.4 is 11.5 Å². The second-order valence-corrected chi connectivity index (χ2v) is 4.11. The maximum Gasteiger partial charge on any atom is 0.419 e. The second kappa shape index (κ2) is 5.10. The summed E-state index contributed by atoms with van der Waals surface area (Å²) in [5.74, 6) is -4.03. The molecule has 0 bridgehead atoms. The molecule has 1 aromatic carbocycles. The molecule has 0 aliphatic carbocycles. The van der Waals surface area contributed by atoms with Crippen LogP contribution in [0.15, 0.2) is 12.1 Å². The van der Waals surface area contributed by atoms with Crippen LogP contribution in [0.4, 0.5) is 33.7 Å². The number of nitrogens with zero attached hydrogens (tertiary/aromatic N) is 3. The first-order valence-corrected chi connectivity index (χ1v) is 5.54. The van der Waals surface area contributed by atoms with E-state index in [9.17, 15) is 22.0 Å². The average molecular weight is 315 g/mol. The predicted octanol–water partition coefficient (Wildman–Crippen LogP) is 2.48. The molecule has 0 aliphatic rings. The molecule has 4 N–H and O–H groups in total. The van der Waals surface area contributed by atoms with Gasteiger partial charge in [0.1, 0.15) is 29.1 Å². The van der Waals surface area contributed by atoms with Gasteiger partial charge in [-0.2, -0.15) is 23.4 Å². The summed E-state index contributed by atoms with van der Waals surface area (Å²) in [6.45, 7) is 0. The number of rotatable bonds is 1. The fraction of sp³-hybridized carbons (Fsp3) is 0.0833. The Balaban J connectivity index is 2.82. The summed E-state index contributed by atoms with van der Waals surface area (Å²) in [5, 5.41) is 8.96. The molecule has 0 unspecified atom stereocenters. The summed E-state index contributed by atoms with van der Waals surface area (Å²) < 4.78 is 65.2. The standard InChI is InChI=1S/C12H6F5N5/c13-7-2-8(14)6(12(15,16)17)1-4(7)9-5(3-18)10(19)22-11(20)21-9/h1-2H,(H4,19,20,21,22). The van der Waals surface area contributed by atoms with Crippen molar-refractivity contribution in [2.24, 2.45) is 0 Å². The molecule has 2 rings (SSSR count). The number of anilines is 2. The number of halogens is 5. The molecule has 114 valence electrons. The Labute approximate surface area is 120 Å². The van der Waals surface area contributed by atoms with Crippen LogP contribution in [0.5, 0.6) is 0 Å². The van der Waals surface area contributed by atoms with Crippen molar-refractivity contribution in [3.8, 4) is 17.3 Å². The molecule has 10 heteroatoms. The Hall–Kier alpha value is -2.96. The SMILES string of the molecule is N#Cc1c(N)nc(N)nc1-c1cc(C(F)(F)F)c(F)cc1F. The summed E-state index contributed by atoms with van der Waals surface area (Å²) in [6.07, 6.45) is -5.05. The van der Waals surface area contributed by atoms with Gasteiger partial charge in [0.05, 0.1) is 11.3 Å². The highest BCUT2D eigenvalue weighted by Gasteiger charge is 2.35. The van der Waals surface area contributed by atoms with Gasteiger partial charge in [-0.05, 0) is 6.07 Å². The third kappa shape index (κ3) is 2.60. The number of aromatic nitrogens is 2. The molecule has 0 amide bonds. The molecule has 0 saturated carbocycles. The fourth-order valence-corrected chi connectivity index (χ4v) is 1.75. The molecular weight excluding hydrogens is 309 g/mol. The Bertz CT molecular complexity index is 794. The first kappa shape index (κ1) is 15.4. The third-order valence-electron chi connectivity index (χ3n) is 2.68. The lowest BCUT2D eigenvalue weighted by molar-refractivity contribution is -0.140. The lowest BCUT2D eigenvalue weighted by Crippen LogP contribution is -2.11. The minimum absolute atomic E-state index is 0.0494. The highest BCUT2D eigenvalue weighted by Crippen LogP contribution is 2.36. The monoisotopic (exact) mass is 315 g/mol. The van der Waals surface area contributed by atoms with Crippen LogP contribution in [0.25, 0.3) is 11.3 Å². The van der Waals surface area contributed by atoms with Crippen molar-refractivity contribution in [2.75, 3.05) is 11.5 Å². The first-order chi connectivity index (χ1) is 10.1. The lowest BCUT2D eigenvalue weighted by Gasteiger charge is -2.12. The number of alkyl halides is 3. The molecule has 0 atom stereocenters. The first-order valence-electron chi connectivity index (χ1n) is 5.54. The normalized spacial score (nSPS) is 11.3. The van der Waals surface area contributed by atoms with Crippen LogP contribution in [0.1, 0.15) is 11.1 Å². The smallest absolute Gasteiger partial charge is 0.382 e. The maximum absolute atomic E-state index is 13.8. The Morgan fingerprint density at radius 3 is 2.23 bits per heavy atom. The van der Waals surface area contributed by atoms with E-state index in [-0.39, 0.29) is 12.1 Å². The van der Waals surface area contributed by atoms with Crippen LogP contribution in [-0.4, -0.2) is 9.97 Å². The van der Waals surface area contributed by atoms with Gasteiger partial charge in [0.15, 0.2) is 0 Å². The van der Waals surface area contributed by atoms with Crippen molar-refractivity contribution in [1.29, 1.82) is 5.26 Å². The van der Waals surface area contributed by atoms with Crippen molar-refractivity contribution in [2.45, 2.75) is 6.18 Å². The maximum atomic E-state index is 13.8. The van der Waals surface area contributed by atoms with E-state index in [4.69, 9.17) is 16.7 Å². The number of hydrogen-bond donors (Lipinski definition) is 2. The van der Waals surface area contributed by atoms with Crippen LogP contribution in [0, 0.1) is 23.0 Å². The summed E-state index contributed by atoms with van der Waals surface area (Å²) >= 11 is 0.